The Bertz CT molecular complexity index is 479. The normalized spacial score (nSPS) is 18.1. The number of hydrogen-bond donors (Lipinski definition) is 3. The van der Waals surface area contributed by atoms with Gasteiger partial charge in [-0.15, -0.1) is 0 Å². The molecule has 0 aliphatic carbocycles. The number of likely N-dealkylation sites (N-methyl/N-ethyl adjacent to an activating group) is 1. The lowest BCUT2D eigenvalue weighted by molar-refractivity contribution is -0.144. The Balaban J connectivity index is 2.22. The van der Waals surface area contributed by atoms with Crippen LogP contribution in [-0.4, -0.2) is 71.1 Å². The highest BCUT2D eigenvalue weighted by atomic mass is 16.7. The third-order valence-electron chi connectivity index (χ3n) is 3.36. The van der Waals surface area contributed by atoms with Gasteiger partial charge in [0, 0.05) is 13.1 Å². The number of ether oxygens (including phenoxy) is 1. The smallest absolute Gasteiger partial charge is 0.407 e. The van der Waals surface area contributed by atoms with E-state index < -0.39 is 29.7 Å². The van der Waals surface area contributed by atoms with Gasteiger partial charge in [0.1, 0.15) is 11.6 Å². The summed E-state index contributed by atoms with van der Waals surface area (Å²) < 4.78 is 5.08. The second-order valence-corrected chi connectivity index (χ2v) is 6.59. The first-order chi connectivity index (χ1) is 11.7. The third-order valence-corrected chi connectivity index (χ3v) is 3.36. The fourth-order valence-electron chi connectivity index (χ4n) is 2.25. The van der Waals surface area contributed by atoms with Crippen LogP contribution in [-0.2, 0) is 14.4 Å². The summed E-state index contributed by atoms with van der Waals surface area (Å²) in [6.45, 7) is 7.97. The van der Waals surface area contributed by atoms with Gasteiger partial charge in [-0.05, 0) is 40.5 Å². The second-order valence-electron chi connectivity index (χ2n) is 6.59. The van der Waals surface area contributed by atoms with E-state index in [1.54, 1.807) is 27.7 Å². The average molecular weight is 360 g/mol. The zero-order valence-corrected chi connectivity index (χ0v) is 15.2. The zero-order valence-electron chi connectivity index (χ0n) is 15.2. The summed E-state index contributed by atoms with van der Waals surface area (Å²) >= 11 is 0. The first kappa shape index (κ1) is 21.0. The molecule has 0 unspecified atom stereocenters. The molecule has 1 atom stereocenters. The van der Waals surface area contributed by atoms with Crippen molar-refractivity contribution in [3.8, 4) is 0 Å². The summed E-state index contributed by atoms with van der Waals surface area (Å²) in [5.74, 6) is -0.441. The number of hydrogen-bond acceptors (Lipinski definition) is 6. The van der Waals surface area contributed by atoms with Crippen LogP contribution in [0.1, 0.15) is 40.5 Å². The molecular formula is C15H28N4O6. The minimum absolute atomic E-state index is 0.0905. The summed E-state index contributed by atoms with van der Waals surface area (Å²) in [4.78, 5) is 41.7. The average Bonchev–Trinajstić information content (AvgIpc) is 2.51. The molecule has 1 aliphatic rings. The van der Waals surface area contributed by atoms with E-state index in [1.807, 2.05) is 0 Å². The molecule has 0 saturated carbocycles. The maximum Gasteiger partial charge on any atom is 0.407 e. The molecule has 25 heavy (non-hydrogen) atoms. The fourth-order valence-corrected chi connectivity index (χ4v) is 2.25. The van der Waals surface area contributed by atoms with E-state index in [-0.39, 0.29) is 13.2 Å². The molecule has 4 amide bonds. The Morgan fingerprint density at radius 1 is 1.36 bits per heavy atom. The van der Waals surface area contributed by atoms with Gasteiger partial charge in [-0.3, -0.25) is 14.8 Å². The molecule has 1 fully saturated rings. The van der Waals surface area contributed by atoms with Gasteiger partial charge in [0.15, 0.2) is 0 Å². The quantitative estimate of drug-likeness (QED) is 0.352. The predicted molar refractivity (Wildman–Crippen MR) is 87.6 cm³/mol. The molecule has 1 saturated heterocycles. The third kappa shape index (κ3) is 7.14. The van der Waals surface area contributed by atoms with Crippen molar-refractivity contribution in [3.05, 3.63) is 0 Å². The van der Waals surface area contributed by atoms with Crippen molar-refractivity contribution in [2.24, 2.45) is 0 Å². The Labute approximate surface area is 147 Å². The van der Waals surface area contributed by atoms with E-state index in [0.717, 1.165) is 0 Å². The summed E-state index contributed by atoms with van der Waals surface area (Å²) in [7, 11) is 0. The Morgan fingerprint density at radius 3 is 2.64 bits per heavy atom. The zero-order chi connectivity index (χ0) is 19.0. The molecule has 1 heterocycles. The number of hydroxylamine groups is 3. The number of alkyl carbamates (subject to hydrolysis) is 1. The first-order valence-corrected chi connectivity index (χ1v) is 8.31. The van der Waals surface area contributed by atoms with Crippen LogP contribution in [0.2, 0.25) is 0 Å². The second kappa shape index (κ2) is 9.42. The molecular weight excluding hydrogens is 332 g/mol. The van der Waals surface area contributed by atoms with Crippen molar-refractivity contribution < 1.29 is 29.2 Å². The van der Waals surface area contributed by atoms with Crippen molar-refractivity contribution in [1.29, 1.82) is 0 Å². The molecule has 0 aromatic heterocycles. The minimum atomic E-state index is -0.680. The lowest BCUT2D eigenvalue weighted by Crippen LogP contribution is -2.58. The summed E-state index contributed by atoms with van der Waals surface area (Å²) in [5, 5.41) is 12.6. The Hall–Kier alpha value is -2.07. The van der Waals surface area contributed by atoms with Gasteiger partial charge in [0.2, 0.25) is 0 Å². The van der Waals surface area contributed by atoms with Crippen molar-refractivity contribution in [3.63, 3.8) is 0 Å². The Morgan fingerprint density at radius 2 is 2.04 bits per heavy atom. The predicted octanol–water partition coefficient (Wildman–Crippen LogP) is 0.854. The van der Waals surface area contributed by atoms with E-state index in [2.05, 4.69) is 10.8 Å². The molecule has 10 nitrogen and oxygen atoms in total. The first-order valence-electron chi connectivity index (χ1n) is 8.31. The molecule has 10 heteroatoms. The monoisotopic (exact) mass is 360 g/mol. The molecule has 1 aliphatic heterocycles. The molecule has 3 N–H and O–H groups in total. The van der Waals surface area contributed by atoms with Crippen molar-refractivity contribution in [2.45, 2.75) is 52.2 Å². The largest absolute Gasteiger partial charge is 0.444 e. The topological polar surface area (TPSA) is 120 Å². The molecule has 0 aromatic rings. The summed E-state index contributed by atoms with van der Waals surface area (Å²) in [6.07, 6.45) is 0.278. The number of carbonyl (C=O) groups excluding carboxylic acids is 3. The molecule has 0 spiro atoms. The number of nitrogens with one attached hydrogen (secondary N) is 2. The van der Waals surface area contributed by atoms with E-state index in [1.165, 1.54) is 4.90 Å². The van der Waals surface area contributed by atoms with Crippen molar-refractivity contribution in [2.75, 3.05) is 26.2 Å². The number of nitrogens with zero attached hydrogens (tertiary/aromatic N) is 2. The van der Waals surface area contributed by atoms with E-state index in [0.29, 0.717) is 31.0 Å². The van der Waals surface area contributed by atoms with Gasteiger partial charge in [0.25, 0.3) is 5.91 Å². The van der Waals surface area contributed by atoms with Crippen LogP contribution in [0, 0.1) is 0 Å². The van der Waals surface area contributed by atoms with E-state index in [9.17, 15) is 19.6 Å². The fraction of sp³-hybridized carbons (Fsp3) is 0.800. The molecule has 1 rings (SSSR count). The summed E-state index contributed by atoms with van der Waals surface area (Å²) in [6, 6.07) is -1.28. The van der Waals surface area contributed by atoms with Crippen LogP contribution in [0.3, 0.4) is 0 Å². The van der Waals surface area contributed by atoms with E-state index in [4.69, 9.17) is 9.57 Å². The van der Waals surface area contributed by atoms with Gasteiger partial charge in [-0.25, -0.2) is 20.1 Å². The van der Waals surface area contributed by atoms with Gasteiger partial charge in [-0.1, -0.05) is 0 Å². The highest BCUT2D eigenvalue weighted by Crippen LogP contribution is 2.14. The lowest BCUT2D eigenvalue weighted by atomic mass is 10.1. The SMILES string of the molecule is CCN1C(=O)N(O)CC[C@H]1C(=O)NOCCCNC(=O)OC(C)(C)C. The van der Waals surface area contributed by atoms with Crippen LogP contribution in [0.25, 0.3) is 0 Å². The molecule has 0 bridgehead atoms. The number of urea groups is 1. The van der Waals surface area contributed by atoms with Crippen LogP contribution in [0.15, 0.2) is 0 Å². The molecule has 144 valence electrons. The van der Waals surface area contributed by atoms with Crippen LogP contribution in [0.4, 0.5) is 9.59 Å². The van der Waals surface area contributed by atoms with E-state index >= 15 is 0 Å². The van der Waals surface area contributed by atoms with Gasteiger partial charge >= 0.3 is 12.1 Å². The summed E-state index contributed by atoms with van der Waals surface area (Å²) in [5.41, 5.74) is 1.75. The van der Waals surface area contributed by atoms with Crippen molar-refractivity contribution >= 4 is 18.0 Å². The maximum atomic E-state index is 12.1. The number of carbonyl (C=O) groups is 3. The van der Waals surface area contributed by atoms with Gasteiger partial charge in [0.05, 0.1) is 13.2 Å². The number of rotatable bonds is 7. The van der Waals surface area contributed by atoms with Gasteiger partial charge < -0.3 is 15.0 Å². The van der Waals surface area contributed by atoms with Crippen LogP contribution < -0.4 is 10.8 Å². The molecule has 0 radical (unpaired) electrons. The maximum absolute atomic E-state index is 12.1. The van der Waals surface area contributed by atoms with Crippen LogP contribution >= 0.6 is 0 Å². The molecule has 0 aromatic carbocycles. The minimum Gasteiger partial charge on any atom is -0.444 e. The van der Waals surface area contributed by atoms with Crippen molar-refractivity contribution in [1.82, 2.24) is 20.8 Å². The highest BCUT2D eigenvalue weighted by molar-refractivity contribution is 5.87. The number of amides is 4. The lowest BCUT2D eigenvalue weighted by Gasteiger charge is -2.36. The Kier molecular flexibility index (Phi) is 7.91. The van der Waals surface area contributed by atoms with Gasteiger partial charge in [-0.2, -0.15) is 0 Å². The highest BCUT2D eigenvalue weighted by Gasteiger charge is 2.36. The standard InChI is InChI=1S/C15H28N4O6/c1-5-18-11(7-9-19(23)14(18)22)12(20)17-24-10-6-8-16-13(21)25-15(2,3)4/h11,23H,5-10H2,1-4H3,(H,16,21)(H,17,20)/t11-/m0/s1. The van der Waals surface area contributed by atoms with Crippen LogP contribution in [0.5, 0.6) is 0 Å².